The molecule has 0 spiro atoms. The van der Waals surface area contributed by atoms with Crippen LogP contribution in [0.5, 0.6) is 0 Å². The van der Waals surface area contributed by atoms with Gasteiger partial charge in [0.2, 0.25) is 0 Å². The van der Waals surface area contributed by atoms with E-state index in [1.54, 1.807) is 25.2 Å². The van der Waals surface area contributed by atoms with E-state index >= 15 is 0 Å². The largest absolute Gasteiger partial charge is 0.386 e. The van der Waals surface area contributed by atoms with E-state index in [4.69, 9.17) is 0 Å². The molecule has 2 nitrogen and oxygen atoms in total. The number of allylic oxidation sites excluding steroid dienone is 3. The lowest BCUT2D eigenvalue weighted by Gasteiger charge is -2.27. The van der Waals surface area contributed by atoms with Gasteiger partial charge in [0.15, 0.2) is 0 Å². The van der Waals surface area contributed by atoms with Crippen molar-refractivity contribution < 1.29 is 10.2 Å². The quantitative estimate of drug-likeness (QED) is 0.614. The van der Waals surface area contributed by atoms with Gasteiger partial charge in [-0.25, -0.2) is 0 Å². The van der Waals surface area contributed by atoms with Crippen molar-refractivity contribution in [1.29, 1.82) is 0 Å². The van der Waals surface area contributed by atoms with Gasteiger partial charge >= 0.3 is 0 Å². The third-order valence-corrected chi connectivity index (χ3v) is 2.00. The molecule has 0 bridgehead atoms. The minimum absolute atomic E-state index is 0.819. The number of hydrogen-bond donors (Lipinski definition) is 2. The Kier molecular flexibility index (Phi) is 2.22. The van der Waals surface area contributed by atoms with Crippen molar-refractivity contribution in [2.45, 2.75) is 25.6 Å². The van der Waals surface area contributed by atoms with Crippen LogP contribution in [-0.2, 0) is 0 Å². The molecule has 0 saturated heterocycles. The van der Waals surface area contributed by atoms with Crippen LogP contribution in [0.25, 0.3) is 0 Å². The SMILES string of the molecule is C=C(C)C1=CC(C)(O)C(O)C=C1. The first-order valence-corrected chi connectivity index (χ1v) is 3.91. The first-order chi connectivity index (χ1) is 5.43. The molecule has 66 valence electrons. The molecule has 12 heavy (non-hydrogen) atoms. The lowest BCUT2D eigenvalue weighted by molar-refractivity contribution is -0.00133. The Balaban J connectivity index is 2.97. The highest BCUT2D eigenvalue weighted by molar-refractivity contribution is 5.42. The predicted octanol–water partition coefficient (Wildman–Crippen LogP) is 1.17. The summed E-state index contributed by atoms with van der Waals surface area (Å²) in [6.45, 7) is 7.20. The molecule has 2 N–H and O–H groups in total. The minimum Gasteiger partial charge on any atom is -0.386 e. The van der Waals surface area contributed by atoms with Crippen LogP contribution in [0.1, 0.15) is 13.8 Å². The molecule has 0 aliphatic heterocycles. The summed E-state index contributed by atoms with van der Waals surface area (Å²) < 4.78 is 0. The zero-order valence-electron chi connectivity index (χ0n) is 7.41. The average Bonchev–Trinajstić information content (AvgIpc) is 1.94. The highest BCUT2D eigenvalue weighted by atomic mass is 16.3. The summed E-state index contributed by atoms with van der Waals surface area (Å²) in [5.74, 6) is 0. The van der Waals surface area contributed by atoms with Gasteiger partial charge in [-0.2, -0.15) is 0 Å². The second-order valence-corrected chi connectivity index (χ2v) is 3.41. The molecule has 0 saturated carbocycles. The van der Waals surface area contributed by atoms with Crippen molar-refractivity contribution in [3.05, 3.63) is 36.0 Å². The lowest BCUT2D eigenvalue weighted by atomic mass is 9.89. The van der Waals surface area contributed by atoms with Crippen LogP contribution in [0, 0.1) is 0 Å². The van der Waals surface area contributed by atoms with E-state index in [9.17, 15) is 10.2 Å². The first kappa shape index (κ1) is 9.23. The third kappa shape index (κ3) is 1.65. The van der Waals surface area contributed by atoms with Gasteiger partial charge in [-0.05, 0) is 25.5 Å². The summed E-state index contributed by atoms with van der Waals surface area (Å²) in [6.07, 6.45) is 4.15. The molecular weight excluding hydrogens is 152 g/mol. The van der Waals surface area contributed by atoms with Crippen molar-refractivity contribution in [2.24, 2.45) is 0 Å². The molecular formula is C10H14O2. The second kappa shape index (κ2) is 2.88. The van der Waals surface area contributed by atoms with Gasteiger partial charge in [-0.1, -0.05) is 24.3 Å². The van der Waals surface area contributed by atoms with Crippen molar-refractivity contribution in [3.63, 3.8) is 0 Å². The fourth-order valence-corrected chi connectivity index (χ4v) is 1.10. The molecule has 0 fully saturated rings. The van der Waals surface area contributed by atoms with E-state index in [2.05, 4.69) is 6.58 Å². The molecule has 1 aliphatic rings. The van der Waals surface area contributed by atoms with Crippen LogP contribution < -0.4 is 0 Å². The van der Waals surface area contributed by atoms with Crippen LogP contribution in [0.4, 0.5) is 0 Å². The van der Waals surface area contributed by atoms with E-state index in [0.717, 1.165) is 11.1 Å². The third-order valence-electron chi connectivity index (χ3n) is 2.00. The van der Waals surface area contributed by atoms with Gasteiger partial charge in [0.05, 0.1) is 0 Å². The van der Waals surface area contributed by atoms with Crippen molar-refractivity contribution in [1.82, 2.24) is 0 Å². The van der Waals surface area contributed by atoms with Crippen LogP contribution in [0.2, 0.25) is 0 Å². The maximum Gasteiger partial charge on any atom is 0.110 e. The zero-order chi connectivity index (χ0) is 9.35. The Morgan fingerprint density at radius 2 is 2.25 bits per heavy atom. The van der Waals surface area contributed by atoms with Crippen molar-refractivity contribution >= 4 is 0 Å². The number of hydrogen-bond acceptors (Lipinski definition) is 2. The van der Waals surface area contributed by atoms with Crippen molar-refractivity contribution in [2.75, 3.05) is 0 Å². The molecule has 0 heterocycles. The Hall–Kier alpha value is -0.860. The van der Waals surface area contributed by atoms with Crippen LogP contribution in [0.3, 0.4) is 0 Å². The zero-order valence-corrected chi connectivity index (χ0v) is 7.41. The fraction of sp³-hybridized carbons (Fsp3) is 0.400. The van der Waals surface area contributed by atoms with E-state index < -0.39 is 11.7 Å². The molecule has 2 heteroatoms. The van der Waals surface area contributed by atoms with Crippen LogP contribution >= 0.6 is 0 Å². The second-order valence-electron chi connectivity index (χ2n) is 3.41. The van der Waals surface area contributed by atoms with Crippen LogP contribution in [-0.4, -0.2) is 21.9 Å². The van der Waals surface area contributed by atoms with E-state index in [0.29, 0.717) is 0 Å². The molecule has 0 aromatic heterocycles. The standard InChI is InChI=1S/C10H14O2/c1-7(2)8-4-5-9(11)10(3,12)6-8/h4-6,9,11-12H,1H2,2-3H3. The molecule has 0 amide bonds. The van der Waals surface area contributed by atoms with Gasteiger partial charge in [0.1, 0.15) is 11.7 Å². The molecule has 1 aliphatic carbocycles. The van der Waals surface area contributed by atoms with Gasteiger partial charge in [-0.3, -0.25) is 0 Å². The molecule has 0 aromatic carbocycles. The topological polar surface area (TPSA) is 40.5 Å². The van der Waals surface area contributed by atoms with Crippen LogP contribution in [0.15, 0.2) is 36.0 Å². The minimum atomic E-state index is -1.16. The summed E-state index contributed by atoms with van der Waals surface area (Å²) in [5, 5.41) is 19.0. The van der Waals surface area contributed by atoms with E-state index in [1.165, 1.54) is 0 Å². The average molecular weight is 166 g/mol. The lowest BCUT2D eigenvalue weighted by Crippen LogP contribution is -2.37. The molecule has 0 aromatic rings. The summed E-state index contributed by atoms with van der Waals surface area (Å²) >= 11 is 0. The first-order valence-electron chi connectivity index (χ1n) is 3.91. The summed E-state index contributed by atoms with van der Waals surface area (Å²) in [5.41, 5.74) is 0.604. The van der Waals surface area contributed by atoms with Gasteiger partial charge in [0, 0.05) is 0 Å². The van der Waals surface area contributed by atoms with E-state index in [-0.39, 0.29) is 0 Å². The van der Waals surface area contributed by atoms with Gasteiger partial charge in [0.25, 0.3) is 0 Å². The van der Waals surface area contributed by atoms with Crippen molar-refractivity contribution in [3.8, 4) is 0 Å². The normalized spacial score (nSPS) is 34.7. The molecule has 0 radical (unpaired) electrons. The maximum atomic E-state index is 9.64. The van der Waals surface area contributed by atoms with E-state index in [1.807, 2.05) is 6.92 Å². The summed E-state index contributed by atoms with van der Waals surface area (Å²) in [7, 11) is 0. The Morgan fingerprint density at radius 1 is 1.67 bits per heavy atom. The Labute approximate surface area is 72.5 Å². The van der Waals surface area contributed by atoms with Gasteiger partial charge < -0.3 is 10.2 Å². The number of aliphatic hydroxyl groups excluding tert-OH is 1. The monoisotopic (exact) mass is 166 g/mol. The molecule has 2 unspecified atom stereocenters. The molecule has 1 rings (SSSR count). The highest BCUT2D eigenvalue weighted by Gasteiger charge is 2.28. The predicted molar refractivity (Wildman–Crippen MR) is 48.7 cm³/mol. The maximum absolute atomic E-state index is 9.64. The summed E-state index contributed by atoms with van der Waals surface area (Å²) in [6, 6.07) is 0. The van der Waals surface area contributed by atoms with Gasteiger partial charge in [-0.15, -0.1) is 0 Å². The smallest absolute Gasteiger partial charge is 0.110 e. The number of aliphatic hydroxyl groups is 2. The Morgan fingerprint density at radius 3 is 2.67 bits per heavy atom. The highest BCUT2D eigenvalue weighted by Crippen LogP contribution is 2.24. The fourth-order valence-electron chi connectivity index (χ4n) is 1.10. The number of rotatable bonds is 1. The Bertz CT molecular complexity index is 259. The summed E-state index contributed by atoms with van der Waals surface area (Å²) in [4.78, 5) is 0. The molecule has 2 atom stereocenters.